The average molecular weight is 199 g/mol. The SMILES string of the molecule is [C-]#[N+]c1cccc(C#C[Si](C)(C)C)c1. The molecular weight excluding hydrogens is 186 g/mol. The average Bonchev–Trinajstić information content (AvgIpc) is 2.14. The zero-order valence-corrected chi connectivity index (χ0v) is 9.76. The van der Waals surface area contributed by atoms with Crippen LogP contribution in [0, 0.1) is 18.0 Å². The lowest BCUT2D eigenvalue weighted by Crippen LogP contribution is -2.16. The van der Waals surface area contributed by atoms with Crippen molar-refractivity contribution in [1.29, 1.82) is 0 Å². The highest BCUT2D eigenvalue weighted by molar-refractivity contribution is 6.83. The van der Waals surface area contributed by atoms with E-state index in [1.807, 2.05) is 18.2 Å². The molecule has 0 N–H and O–H groups in total. The second-order valence-electron chi connectivity index (χ2n) is 4.16. The summed E-state index contributed by atoms with van der Waals surface area (Å²) in [7, 11) is -1.31. The highest BCUT2D eigenvalue weighted by Gasteiger charge is 2.07. The standard InChI is InChI=1S/C12H13NSi/c1-13-12-7-5-6-11(10-12)8-9-14(2,3)4/h5-7,10H,2-4H3. The highest BCUT2D eigenvalue weighted by atomic mass is 28.3. The minimum absolute atomic E-state index is 0.660. The Hall–Kier alpha value is -1.51. The molecule has 0 aliphatic rings. The molecule has 0 radical (unpaired) electrons. The maximum atomic E-state index is 6.88. The van der Waals surface area contributed by atoms with Gasteiger partial charge in [0.25, 0.3) is 0 Å². The summed E-state index contributed by atoms with van der Waals surface area (Å²) in [6.07, 6.45) is 0. The van der Waals surface area contributed by atoms with Crippen LogP contribution in [0.15, 0.2) is 24.3 Å². The van der Waals surface area contributed by atoms with E-state index >= 15 is 0 Å². The number of hydrogen-bond donors (Lipinski definition) is 0. The number of nitrogens with zero attached hydrogens (tertiary/aromatic N) is 1. The maximum Gasteiger partial charge on any atom is 0.188 e. The molecule has 1 rings (SSSR count). The Balaban J connectivity index is 2.98. The third-order valence-corrected chi connectivity index (χ3v) is 2.43. The summed E-state index contributed by atoms with van der Waals surface area (Å²) in [4.78, 5) is 3.37. The molecule has 0 atom stereocenters. The second-order valence-corrected chi connectivity index (χ2v) is 8.91. The van der Waals surface area contributed by atoms with E-state index < -0.39 is 8.07 Å². The summed E-state index contributed by atoms with van der Waals surface area (Å²) < 4.78 is 0. The van der Waals surface area contributed by atoms with Crippen LogP contribution >= 0.6 is 0 Å². The third kappa shape index (κ3) is 3.47. The fraction of sp³-hybridized carbons (Fsp3) is 0.250. The van der Waals surface area contributed by atoms with Gasteiger partial charge in [-0.2, -0.15) is 0 Å². The molecular formula is C12H13NSi. The minimum Gasteiger partial charge on any atom is -0.238 e. The van der Waals surface area contributed by atoms with Gasteiger partial charge in [-0.25, -0.2) is 4.85 Å². The molecule has 0 fully saturated rings. The van der Waals surface area contributed by atoms with Gasteiger partial charge >= 0.3 is 0 Å². The summed E-state index contributed by atoms with van der Waals surface area (Å²) in [5.41, 5.74) is 4.88. The quantitative estimate of drug-likeness (QED) is 0.342. The van der Waals surface area contributed by atoms with Crippen molar-refractivity contribution in [2.24, 2.45) is 0 Å². The molecule has 1 aromatic rings. The fourth-order valence-electron chi connectivity index (χ4n) is 0.913. The van der Waals surface area contributed by atoms with Crippen LogP contribution < -0.4 is 0 Å². The summed E-state index contributed by atoms with van der Waals surface area (Å²) >= 11 is 0. The molecule has 0 amide bonds. The Labute approximate surface area is 86.6 Å². The molecule has 0 saturated heterocycles. The van der Waals surface area contributed by atoms with Gasteiger partial charge in [0.1, 0.15) is 8.07 Å². The van der Waals surface area contributed by atoms with Crippen LogP contribution in [0.4, 0.5) is 5.69 Å². The molecule has 0 saturated carbocycles. The van der Waals surface area contributed by atoms with E-state index in [0.29, 0.717) is 5.69 Å². The lowest BCUT2D eigenvalue weighted by Gasteiger charge is -2.03. The van der Waals surface area contributed by atoms with Crippen molar-refractivity contribution < 1.29 is 0 Å². The molecule has 0 unspecified atom stereocenters. The minimum atomic E-state index is -1.31. The molecule has 0 aliphatic heterocycles. The van der Waals surface area contributed by atoms with Crippen LogP contribution in [0.1, 0.15) is 5.56 Å². The van der Waals surface area contributed by atoms with Crippen molar-refractivity contribution in [2.45, 2.75) is 19.6 Å². The summed E-state index contributed by atoms with van der Waals surface area (Å²) in [5, 5.41) is 0. The van der Waals surface area contributed by atoms with Gasteiger partial charge in [0.05, 0.1) is 6.57 Å². The Morgan fingerprint density at radius 1 is 1.29 bits per heavy atom. The maximum absolute atomic E-state index is 6.88. The molecule has 0 aromatic heterocycles. The molecule has 0 heterocycles. The van der Waals surface area contributed by atoms with Crippen molar-refractivity contribution in [3.63, 3.8) is 0 Å². The van der Waals surface area contributed by atoms with Crippen molar-refractivity contribution in [3.8, 4) is 11.5 Å². The molecule has 0 aliphatic carbocycles. The van der Waals surface area contributed by atoms with E-state index in [2.05, 4.69) is 36.0 Å². The summed E-state index contributed by atoms with van der Waals surface area (Å²) in [6.45, 7) is 13.5. The summed E-state index contributed by atoms with van der Waals surface area (Å²) in [6, 6.07) is 7.45. The number of hydrogen-bond acceptors (Lipinski definition) is 0. The lowest BCUT2D eigenvalue weighted by molar-refractivity contribution is 1.65. The smallest absolute Gasteiger partial charge is 0.188 e. The van der Waals surface area contributed by atoms with Gasteiger partial charge < -0.3 is 0 Å². The van der Waals surface area contributed by atoms with E-state index in [4.69, 9.17) is 6.57 Å². The first-order valence-electron chi connectivity index (χ1n) is 4.52. The molecule has 1 nitrogen and oxygen atoms in total. The topological polar surface area (TPSA) is 4.36 Å². The monoisotopic (exact) mass is 199 g/mol. The molecule has 1 aromatic carbocycles. The normalized spacial score (nSPS) is 9.86. The van der Waals surface area contributed by atoms with Crippen LogP contribution in [-0.4, -0.2) is 8.07 Å². The van der Waals surface area contributed by atoms with Crippen LogP contribution in [0.5, 0.6) is 0 Å². The van der Waals surface area contributed by atoms with E-state index in [0.717, 1.165) is 5.56 Å². The van der Waals surface area contributed by atoms with Crippen molar-refractivity contribution in [2.75, 3.05) is 0 Å². The van der Waals surface area contributed by atoms with E-state index in [-0.39, 0.29) is 0 Å². The zero-order valence-electron chi connectivity index (χ0n) is 8.76. The molecule has 2 heteroatoms. The first-order chi connectivity index (χ1) is 6.51. The van der Waals surface area contributed by atoms with Gasteiger partial charge in [-0.1, -0.05) is 37.7 Å². The Morgan fingerprint density at radius 3 is 2.57 bits per heavy atom. The predicted molar refractivity (Wildman–Crippen MR) is 62.9 cm³/mol. The highest BCUT2D eigenvalue weighted by Crippen LogP contribution is 2.12. The number of benzene rings is 1. The number of rotatable bonds is 0. The Kier molecular flexibility index (Phi) is 3.12. The molecule has 70 valence electrons. The summed E-state index contributed by atoms with van der Waals surface area (Å²) in [5.74, 6) is 3.13. The van der Waals surface area contributed by atoms with E-state index in [1.165, 1.54) is 0 Å². The first kappa shape index (κ1) is 10.6. The lowest BCUT2D eigenvalue weighted by atomic mass is 10.2. The second kappa shape index (κ2) is 4.13. The molecule has 14 heavy (non-hydrogen) atoms. The van der Waals surface area contributed by atoms with Crippen molar-refractivity contribution in [1.82, 2.24) is 0 Å². The van der Waals surface area contributed by atoms with Gasteiger partial charge in [0.2, 0.25) is 0 Å². The largest absolute Gasteiger partial charge is 0.238 e. The van der Waals surface area contributed by atoms with Gasteiger partial charge in [-0.15, -0.1) is 5.54 Å². The Bertz CT molecular complexity index is 424. The molecule has 0 bridgehead atoms. The van der Waals surface area contributed by atoms with Crippen LogP contribution in [-0.2, 0) is 0 Å². The van der Waals surface area contributed by atoms with Gasteiger partial charge in [0.15, 0.2) is 5.69 Å². The Morgan fingerprint density at radius 2 is 2.00 bits per heavy atom. The van der Waals surface area contributed by atoms with Gasteiger partial charge in [-0.05, 0) is 12.1 Å². The predicted octanol–water partition coefficient (Wildman–Crippen LogP) is 3.47. The van der Waals surface area contributed by atoms with Crippen LogP contribution in [0.25, 0.3) is 4.85 Å². The van der Waals surface area contributed by atoms with Crippen molar-refractivity contribution >= 4 is 13.8 Å². The fourth-order valence-corrected chi connectivity index (χ4v) is 1.43. The van der Waals surface area contributed by atoms with E-state index in [1.54, 1.807) is 6.07 Å². The third-order valence-electron chi connectivity index (χ3n) is 1.56. The van der Waals surface area contributed by atoms with Gasteiger partial charge in [-0.3, -0.25) is 0 Å². The van der Waals surface area contributed by atoms with E-state index in [9.17, 15) is 0 Å². The molecule has 0 spiro atoms. The van der Waals surface area contributed by atoms with Crippen LogP contribution in [0.2, 0.25) is 19.6 Å². The van der Waals surface area contributed by atoms with Crippen LogP contribution in [0.3, 0.4) is 0 Å². The van der Waals surface area contributed by atoms with Crippen molar-refractivity contribution in [3.05, 3.63) is 41.2 Å². The zero-order chi connectivity index (χ0) is 10.6. The van der Waals surface area contributed by atoms with Gasteiger partial charge in [0, 0.05) is 5.56 Å². The first-order valence-corrected chi connectivity index (χ1v) is 8.02.